The summed E-state index contributed by atoms with van der Waals surface area (Å²) in [5.74, 6) is 0.588. The number of carbonyl (C=O) groups is 1. The third kappa shape index (κ3) is 4.81. The lowest BCUT2D eigenvalue weighted by Gasteiger charge is -2.08. The molecular formula is C19H16ClN3OS. The number of hydrogen-bond acceptors (Lipinski definition) is 4. The Kier molecular flexibility index (Phi) is 5.68. The number of thioether (sulfide) groups is 1. The molecule has 1 aromatic heterocycles. The Labute approximate surface area is 155 Å². The van der Waals surface area contributed by atoms with Crippen LogP contribution in [0.1, 0.15) is 21.5 Å². The number of nitrogens with zero attached hydrogens (tertiary/aromatic N) is 2. The number of rotatable bonds is 5. The van der Waals surface area contributed by atoms with Crippen molar-refractivity contribution in [1.29, 1.82) is 0 Å². The van der Waals surface area contributed by atoms with Gasteiger partial charge in [0.05, 0.1) is 0 Å². The molecule has 126 valence electrons. The van der Waals surface area contributed by atoms with E-state index in [1.807, 2.05) is 43.3 Å². The number of hydrogen-bond donors (Lipinski definition) is 1. The Morgan fingerprint density at radius 3 is 2.52 bits per heavy atom. The molecule has 1 amide bonds. The summed E-state index contributed by atoms with van der Waals surface area (Å²) in [7, 11) is 0. The summed E-state index contributed by atoms with van der Waals surface area (Å²) < 4.78 is 0. The summed E-state index contributed by atoms with van der Waals surface area (Å²) in [6.07, 6.45) is 3.44. The Balaban J connectivity index is 1.61. The van der Waals surface area contributed by atoms with Crippen LogP contribution in [-0.2, 0) is 5.75 Å². The molecule has 2 aromatic carbocycles. The topological polar surface area (TPSA) is 54.9 Å². The number of aromatic nitrogens is 2. The second-order valence-electron chi connectivity index (χ2n) is 5.44. The van der Waals surface area contributed by atoms with Crippen LogP contribution < -0.4 is 5.32 Å². The van der Waals surface area contributed by atoms with E-state index in [-0.39, 0.29) is 5.91 Å². The Bertz CT molecular complexity index is 870. The average Bonchev–Trinajstić information content (AvgIpc) is 2.64. The monoisotopic (exact) mass is 369 g/mol. The lowest BCUT2D eigenvalue weighted by molar-refractivity contribution is 0.102. The molecule has 0 fully saturated rings. The minimum atomic E-state index is -0.162. The molecular weight excluding hydrogens is 354 g/mol. The predicted octanol–water partition coefficient (Wildman–Crippen LogP) is 4.98. The van der Waals surface area contributed by atoms with Crippen molar-refractivity contribution < 1.29 is 4.79 Å². The van der Waals surface area contributed by atoms with E-state index in [2.05, 4.69) is 15.3 Å². The fourth-order valence-electron chi connectivity index (χ4n) is 2.13. The van der Waals surface area contributed by atoms with Crippen LogP contribution in [0.5, 0.6) is 0 Å². The molecule has 4 nitrogen and oxygen atoms in total. The molecule has 0 aliphatic carbocycles. The van der Waals surface area contributed by atoms with Crippen LogP contribution in [0.2, 0.25) is 5.02 Å². The van der Waals surface area contributed by atoms with Crippen molar-refractivity contribution in [1.82, 2.24) is 9.97 Å². The molecule has 0 aliphatic rings. The summed E-state index contributed by atoms with van der Waals surface area (Å²) in [5, 5.41) is 4.22. The Hall–Kier alpha value is -2.37. The van der Waals surface area contributed by atoms with Crippen LogP contribution >= 0.6 is 23.4 Å². The molecule has 1 heterocycles. The first kappa shape index (κ1) is 17.5. The maximum Gasteiger partial charge on any atom is 0.255 e. The second-order valence-corrected chi connectivity index (χ2v) is 6.78. The Morgan fingerprint density at radius 1 is 1.12 bits per heavy atom. The van der Waals surface area contributed by atoms with Crippen LogP contribution in [0.3, 0.4) is 0 Å². The molecule has 0 radical (unpaired) electrons. The number of aryl methyl sites for hydroxylation is 1. The highest BCUT2D eigenvalue weighted by atomic mass is 35.5. The maximum atomic E-state index is 12.3. The van der Waals surface area contributed by atoms with Gasteiger partial charge in [-0.1, -0.05) is 41.6 Å². The van der Waals surface area contributed by atoms with Gasteiger partial charge in [0.15, 0.2) is 5.16 Å². The predicted molar refractivity (Wildman–Crippen MR) is 102 cm³/mol. The highest BCUT2D eigenvalue weighted by molar-refractivity contribution is 7.98. The molecule has 3 rings (SSSR count). The van der Waals surface area contributed by atoms with Gasteiger partial charge < -0.3 is 5.32 Å². The number of amides is 1. The first-order valence-corrected chi connectivity index (χ1v) is 9.04. The van der Waals surface area contributed by atoms with E-state index in [0.717, 1.165) is 22.0 Å². The van der Waals surface area contributed by atoms with Gasteiger partial charge in [0.25, 0.3) is 5.91 Å². The third-order valence-electron chi connectivity index (χ3n) is 3.56. The fraction of sp³-hybridized carbons (Fsp3) is 0.105. The lowest BCUT2D eigenvalue weighted by atomic mass is 10.1. The zero-order chi connectivity index (χ0) is 17.6. The standard InChI is InChI=1S/C19H16ClN3OS/c1-13-3-8-16(11-17(13)20)23-18(24)15-6-4-14(5-7-15)12-25-19-21-9-2-10-22-19/h2-11H,12H2,1H3,(H,23,24). The van der Waals surface area contributed by atoms with Crippen LogP contribution in [-0.4, -0.2) is 15.9 Å². The van der Waals surface area contributed by atoms with Crippen molar-refractivity contribution in [3.05, 3.63) is 82.6 Å². The normalized spacial score (nSPS) is 10.5. The van der Waals surface area contributed by atoms with Crippen LogP contribution in [0.25, 0.3) is 0 Å². The molecule has 6 heteroatoms. The zero-order valence-corrected chi connectivity index (χ0v) is 15.1. The smallest absolute Gasteiger partial charge is 0.255 e. The molecule has 0 saturated heterocycles. The molecule has 25 heavy (non-hydrogen) atoms. The first-order valence-electron chi connectivity index (χ1n) is 7.68. The molecule has 0 atom stereocenters. The summed E-state index contributed by atoms with van der Waals surface area (Å²) >= 11 is 7.64. The zero-order valence-electron chi connectivity index (χ0n) is 13.6. The molecule has 0 aliphatic heterocycles. The lowest BCUT2D eigenvalue weighted by Crippen LogP contribution is -2.11. The minimum absolute atomic E-state index is 0.162. The number of benzene rings is 2. The van der Waals surface area contributed by atoms with Gasteiger partial charge in [0.1, 0.15) is 0 Å². The second kappa shape index (κ2) is 8.14. The van der Waals surface area contributed by atoms with Gasteiger partial charge in [-0.25, -0.2) is 9.97 Å². The van der Waals surface area contributed by atoms with Crippen molar-refractivity contribution in [3.8, 4) is 0 Å². The maximum absolute atomic E-state index is 12.3. The summed E-state index contributed by atoms with van der Waals surface area (Å²) in [5.41, 5.74) is 3.36. The Morgan fingerprint density at radius 2 is 1.84 bits per heavy atom. The van der Waals surface area contributed by atoms with Gasteiger partial charge in [-0.3, -0.25) is 4.79 Å². The van der Waals surface area contributed by atoms with Crippen molar-refractivity contribution in [3.63, 3.8) is 0 Å². The number of halogens is 1. The van der Waals surface area contributed by atoms with Crippen LogP contribution in [0.15, 0.2) is 66.1 Å². The van der Waals surface area contributed by atoms with E-state index in [0.29, 0.717) is 16.3 Å². The SMILES string of the molecule is Cc1ccc(NC(=O)c2ccc(CSc3ncccn3)cc2)cc1Cl. The highest BCUT2D eigenvalue weighted by Crippen LogP contribution is 2.21. The first-order chi connectivity index (χ1) is 12.1. The van der Waals surface area contributed by atoms with Crippen molar-refractivity contribution in [2.75, 3.05) is 5.32 Å². The molecule has 0 spiro atoms. The van der Waals surface area contributed by atoms with E-state index in [4.69, 9.17) is 11.6 Å². The molecule has 0 saturated carbocycles. The van der Waals surface area contributed by atoms with Gasteiger partial charge >= 0.3 is 0 Å². The molecule has 1 N–H and O–H groups in total. The molecule has 0 bridgehead atoms. The summed E-state index contributed by atoms with van der Waals surface area (Å²) in [6, 6.07) is 14.8. The number of carbonyl (C=O) groups excluding carboxylic acids is 1. The van der Waals surface area contributed by atoms with Gasteiger partial charge in [-0.15, -0.1) is 0 Å². The van der Waals surface area contributed by atoms with Crippen molar-refractivity contribution in [2.45, 2.75) is 17.8 Å². The third-order valence-corrected chi connectivity index (χ3v) is 4.91. The van der Waals surface area contributed by atoms with Crippen molar-refractivity contribution >= 4 is 35.0 Å². The highest BCUT2D eigenvalue weighted by Gasteiger charge is 2.07. The van der Waals surface area contributed by atoms with Crippen LogP contribution in [0, 0.1) is 6.92 Å². The van der Waals surface area contributed by atoms with Gasteiger partial charge in [-0.2, -0.15) is 0 Å². The van der Waals surface area contributed by atoms with E-state index in [1.54, 1.807) is 36.3 Å². The largest absolute Gasteiger partial charge is 0.322 e. The number of anilines is 1. The van der Waals surface area contributed by atoms with E-state index >= 15 is 0 Å². The molecule has 0 unspecified atom stereocenters. The van der Waals surface area contributed by atoms with Gasteiger partial charge in [-0.05, 0) is 48.4 Å². The van der Waals surface area contributed by atoms with Crippen LogP contribution in [0.4, 0.5) is 5.69 Å². The fourth-order valence-corrected chi connectivity index (χ4v) is 3.07. The average molecular weight is 370 g/mol. The summed E-state index contributed by atoms with van der Waals surface area (Å²) in [6.45, 7) is 1.92. The van der Waals surface area contributed by atoms with Crippen molar-refractivity contribution in [2.24, 2.45) is 0 Å². The number of nitrogens with one attached hydrogen (secondary N) is 1. The van der Waals surface area contributed by atoms with E-state index in [9.17, 15) is 4.79 Å². The quantitative estimate of drug-likeness (QED) is 0.509. The van der Waals surface area contributed by atoms with E-state index < -0.39 is 0 Å². The van der Waals surface area contributed by atoms with Gasteiger partial charge in [0, 0.05) is 34.4 Å². The minimum Gasteiger partial charge on any atom is -0.322 e. The van der Waals surface area contributed by atoms with E-state index in [1.165, 1.54) is 0 Å². The summed E-state index contributed by atoms with van der Waals surface area (Å²) in [4.78, 5) is 20.7. The van der Waals surface area contributed by atoms with Gasteiger partial charge in [0.2, 0.25) is 0 Å². The molecule has 3 aromatic rings.